The summed E-state index contributed by atoms with van der Waals surface area (Å²) < 4.78 is 14.9. The number of carbonyl (C=O) groups is 2. The highest BCUT2D eigenvalue weighted by Gasteiger charge is 2.39. The summed E-state index contributed by atoms with van der Waals surface area (Å²) in [7, 11) is 0. The summed E-state index contributed by atoms with van der Waals surface area (Å²) in [5.74, 6) is -0.897. The molecule has 0 saturated carbocycles. The zero-order valence-corrected chi connectivity index (χ0v) is 18.6. The van der Waals surface area contributed by atoms with E-state index in [9.17, 15) is 14.0 Å². The fourth-order valence-corrected chi connectivity index (χ4v) is 4.92. The van der Waals surface area contributed by atoms with Crippen LogP contribution in [0.15, 0.2) is 72.8 Å². The van der Waals surface area contributed by atoms with Crippen LogP contribution in [0.5, 0.6) is 0 Å². The third-order valence-corrected chi connectivity index (χ3v) is 6.63. The molecule has 33 heavy (non-hydrogen) atoms. The lowest BCUT2D eigenvalue weighted by atomic mass is 9.95. The van der Waals surface area contributed by atoms with E-state index in [1.165, 1.54) is 6.07 Å². The van der Waals surface area contributed by atoms with Crippen molar-refractivity contribution in [3.63, 3.8) is 0 Å². The van der Waals surface area contributed by atoms with E-state index in [4.69, 9.17) is 16.6 Å². The van der Waals surface area contributed by atoms with Crippen LogP contribution in [-0.4, -0.2) is 22.0 Å². The predicted molar refractivity (Wildman–Crippen MR) is 126 cm³/mol. The molecule has 0 fully saturated rings. The van der Waals surface area contributed by atoms with Gasteiger partial charge in [-0.15, -0.1) is 0 Å². The number of aromatic nitrogens is 1. The van der Waals surface area contributed by atoms with E-state index in [1.54, 1.807) is 24.3 Å². The van der Waals surface area contributed by atoms with Crippen molar-refractivity contribution >= 4 is 34.6 Å². The number of benzene rings is 3. The van der Waals surface area contributed by atoms with Crippen LogP contribution in [0.2, 0.25) is 5.02 Å². The maximum absolute atomic E-state index is 14.9. The Morgan fingerprint density at radius 3 is 2.67 bits per heavy atom. The van der Waals surface area contributed by atoms with Gasteiger partial charge < -0.3 is 0 Å². The van der Waals surface area contributed by atoms with Crippen LogP contribution in [0.3, 0.4) is 0 Å². The molecular weight excluding hydrogens is 439 g/mol. The molecule has 0 amide bonds. The van der Waals surface area contributed by atoms with Gasteiger partial charge in [-0.25, -0.2) is 9.37 Å². The van der Waals surface area contributed by atoms with Crippen molar-refractivity contribution in [2.24, 2.45) is 0 Å². The molecule has 0 N–H and O–H groups in total. The first-order chi connectivity index (χ1) is 16.0. The average Bonchev–Trinajstić information content (AvgIpc) is 3.23. The van der Waals surface area contributed by atoms with E-state index in [-0.39, 0.29) is 6.04 Å². The summed E-state index contributed by atoms with van der Waals surface area (Å²) in [4.78, 5) is 30.9. The lowest BCUT2D eigenvalue weighted by Gasteiger charge is -2.31. The number of Topliss-reactive ketones (excluding diaryl/α,β-unsaturated/α-hetero) is 1. The number of pyridine rings is 1. The minimum atomic E-state index is -0.697. The summed E-state index contributed by atoms with van der Waals surface area (Å²) in [6.45, 7) is 2.45. The molecule has 4 aromatic rings. The van der Waals surface area contributed by atoms with E-state index >= 15 is 0 Å². The maximum atomic E-state index is 14.9. The van der Waals surface area contributed by atoms with Gasteiger partial charge in [-0.2, -0.15) is 0 Å². The molecule has 0 saturated heterocycles. The van der Waals surface area contributed by atoms with Gasteiger partial charge in [-0.05, 0) is 47.9 Å². The zero-order valence-electron chi connectivity index (χ0n) is 17.8. The normalized spacial score (nSPS) is 16.5. The summed E-state index contributed by atoms with van der Waals surface area (Å²) in [5, 5.41) is 1.30. The second kappa shape index (κ2) is 8.50. The molecule has 1 aromatic heterocycles. The van der Waals surface area contributed by atoms with E-state index in [2.05, 4.69) is 0 Å². The molecule has 2 heterocycles. The Balaban J connectivity index is 1.71. The van der Waals surface area contributed by atoms with Crippen molar-refractivity contribution in [3.05, 3.63) is 100 Å². The van der Waals surface area contributed by atoms with Crippen molar-refractivity contribution in [2.75, 3.05) is 0 Å². The van der Waals surface area contributed by atoms with Crippen LogP contribution < -0.4 is 0 Å². The van der Waals surface area contributed by atoms with Gasteiger partial charge in [-0.3, -0.25) is 14.5 Å². The van der Waals surface area contributed by atoms with Crippen molar-refractivity contribution < 1.29 is 14.0 Å². The first-order valence-electron chi connectivity index (χ1n) is 10.7. The Morgan fingerprint density at radius 2 is 1.88 bits per heavy atom. The van der Waals surface area contributed by atoms with Gasteiger partial charge in [0.25, 0.3) is 0 Å². The summed E-state index contributed by atoms with van der Waals surface area (Å²) >= 11 is 6.41. The number of hydrogen-bond donors (Lipinski definition) is 0. The number of para-hydroxylation sites is 1. The highest BCUT2D eigenvalue weighted by atomic mass is 35.5. The van der Waals surface area contributed by atoms with Gasteiger partial charge in [0.05, 0.1) is 16.2 Å². The molecule has 0 aliphatic carbocycles. The molecule has 1 aliphatic rings. The lowest BCUT2D eigenvalue weighted by Crippen LogP contribution is -2.31. The molecule has 3 aromatic carbocycles. The first kappa shape index (κ1) is 21.4. The number of fused-ring (bicyclic) bond motifs is 2. The third kappa shape index (κ3) is 3.63. The average molecular weight is 459 g/mol. The molecule has 0 radical (unpaired) electrons. The van der Waals surface area contributed by atoms with Gasteiger partial charge in [-0.1, -0.05) is 60.1 Å². The number of ketones is 1. The highest BCUT2D eigenvalue weighted by Crippen LogP contribution is 2.43. The fourth-order valence-electron chi connectivity index (χ4n) is 4.70. The van der Waals surface area contributed by atoms with Gasteiger partial charge >= 0.3 is 0 Å². The number of halogens is 2. The topological polar surface area (TPSA) is 50.3 Å². The number of hydrogen-bond acceptors (Lipinski definition) is 4. The van der Waals surface area contributed by atoms with Gasteiger partial charge in [0.15, 0.2) is 6.29 Å². The number of nitrogens with zero attached hydrogens (tertiary/aromatic N) is 2. The lowest BCUT2D eigenvalue weighted by molar-refractivity contribution is -0.134. The zero-order chi connectivity index (χ0) is 23.1. The molecule has 164 valence electrons. The molecule has 6 heteroatoms. The third-order valence-electron chi connectivity index (χ3n) is 6.32. The maximum Gasteiger partial charge on any atom is 0.216 e. The Bertz CT molecular complexity index is 1400. The van der Waals surface area contributed by atoms with Crippen molar-refractivity contribution in [1.82, 2.24) is 9.88 Å². The number of carbonyl (C=O) groups excluding carboxylic acids is 2. The smallest absolute Gasteiger partial charge is 0.216 e. The molecule has 4 nitrogen and oxygen atoms in total. The highest BCUT2D eigenvalue weighted by molar-refractivity contribution is 6.35. The number of aldehydes is 1. The molecule has 5 rings (SSSR count). The minimum absolute atomic E-state index is 0.336. The SMILES string of the molecule is C[C@@H](c1cc2cccc(Cl)c2nc1-c1ccccc1F)N1Cc2ccccc2C1C(=O)C=O. The van der Waals surface area contributed by atoms with Crippen LogP contribution in [0, 0.1) is 5.82 Å². The Hall–Kier alpha value is -3.41. The van der Waals surface area contributed by atoms with E-state index < -0.39 is 17.6 Å². The summed E-state index contributed by atoms with van der Waals surface area (Å²) in [6, 6.07) is 20.5. The van der Waals surface area contributed by atoms with Crippen LogP contribution in [0.25, 0.3) is 22.2 Å². The van der Waals surface area contributed by atoms with Crippen LogP contribution in [-0.2, 0) is 16.1 Å². The molecule has 0 bridgehead atoms. The number of rotatable bonds is 5. The quantitative estimate of drug-likeness (QED) is 0.268. The molecule has 0 spiro atoms. The van der Waals surface area contributed by atoms with Crippen molar-refractivity contribution in [1.29, 1.82) is 0 Å². The van der Waals surface area contributed by atoms with Gasteiger partial charge in [0, 0.05) is 23.5 Å². The van der Waals surface area contributed by atoms with Crippen LogP contribution in [0.1, 0.15) is 35.7 Å². The monoisotopic (exact) mass is 458 g/mol. The molecule has 2 atom stereocenters. The first-order valence-corrected chi connectivity index (χ1v) is 11.0. The molecule has 1 unspecified atom stereocenters. The van der Waals surface area contributed by atoms with Gasteiger partial charge in [0.1, 0.15) is 11.9 Å². The summed E-state index contributed by atoms with van der Waals surface area (Å²) in [5.41, 5.74) is 3.98. The van der Waals surface area contributed by atoms with Crippen molar-refractivity contribution in [2.45, 2.75) is 25.6 Å². The molecular formula is C27H20ClFN2O2. The summed E-state index contributed by atoms with van der Waals surface area (Å²) in [6.07, 6.45) is 0.378. The van der Waals surface area contributed by atoms with Crippen molar-refractivity contribution in [3.8, 4) is 11.3 Å². The Kier molecular flexibility index (Phi) is 5.52. The van der Waals surface area contributed by atoms with Crippen LogP contribution >= 0.6 is 11.6 Å². The van der Waals surface area contributed by atoms with Gasteiger partial charge in [0.2, 0.25) is 5.78 Å². The largest absolute Gasteiger partial charge is 0.295 e. The fraction of sp³-hybridized carbons (Fsp3) is 0.148. The van der Waals surface area contributed by atoms with E-state index in [1.807, 2.05) is 54.3 Å². The van der Waals surface area contributed by atoms with E-state index in [0.29, 0.717) is 34.6 Å². The second-order valence-electron chi connectivity index (χ2n) is 8.19. The minimum Gasteiger partial charge on any atom is -0.295 e. The Morgan fingerprint density at radius 1 is 1.12 bits per heavy atom. The Labute approximate surface area is 195 Å². The van der Waals surface area contributed by atoms with E-state index in [0.717, 1.165) is 22.1 Å². The standard InChI is InChI=1S/C27H20ClFN2O2/c1-16(31-14-18-7-2-3-9-19(18)27(31)24(33)15-32)21-13-17-8-6-11-22(28)25(17)30-26(21)20-10-4-5-12-23(20)29/h2-13,15-16,27H,14H2,1H3/t16-,27?/m0/s1. The predicted octanol–water partition coefficient (Wildman–Crippen LogP) is 6.08. The second-order valence-corrected chi connectivity index (χ2v) is 8.59. The van der Waals surface area contributed by atoms with Crippen LogP contribution in [0.4, 0.5) is 4.39 Å². The molecule has 1 aliphatic heterocycles.